The third kappa shape index (κ3) is 7.57. The Balaban J connectivity index is 4.61. The van der Waals surface area contributed by atoms with Crippen LogP contribution in [0.5, 0.6) is 0 Å². The van der Waals surface area contributed by atoms with Gasteiger partial charge in [-0.2, -0.15) is 0 Å². The molecule has 0 aromatic heterocycles. The standard InChI is InChI=1S/C13H32N8O2/c1-13(2,3)21(5-4-11(22)19(6-14)7-15)10-18-12(23)20(8-16)9-17/h4-10,14-17H2,1-3H3,(H,18,23). The van der Waals surface area contributed by atoms with E-state index < -0.39 is 0 Å². The van der Waals surface area contributed by atoms with Gasteiger partial charge >= 0.3 is 6.03 Å². The van der Waals surface area contributed by atoms with Crippen LogP contribution in [0.4, 0.5) is 4.79 Å². The van der Waals surface area contributed by atoms with E-state index in [-0.39, 0.29) is 57.2 Å². The molecule has 10 nitrogen and oxygen atoms in total. The first-order valence-electron chi connectivity index (χ1n) is 7.57. The van der Waals surface area contributed by atoms with Gasteiger partial charge in [0.05, 0.1) is 33.3 Å². The van der Waals surface area contributed by atoms with Crippen LogP contribution in [0.25, 0.3) is 0 Å². The smallest absolute Gasteiger partial charge is 0.320 e. The summed E-state index contributed by atoms with van der Waals surface area (Å²) in [7, 11) is 0. The van der Waals surface area contributed by atoms with Crippen molar-refractivity contribution in [1.29, 1.82) is 0 Å². The number of rotatable bonds is 9. The first-order chi connectivity index (χ1) is 10.7. The van der Waals surface area contributed by atoms with Crippen LogP contribution in [0, 0.1) is 0 Å². The molecule has 0 aliphatic carbocycles. The van der Waals surface area contributed by atoms with Crippen LogP contribution >= 0.6 is 0 Å². The molecule has 0 rings (SSSR count). The van der Waals surface area contributed by atoms with Crippen molar-refractivity contribution in [3.63, 3.8) is 0 Å². The molecule has 3 amide bonds. The van der Waals surface area contributed by atoms with Crippen molar-refractivity contribution in [3.8, 4) is 0 Å². The Morgan fingerprint density at radius 3 is 1.78 bits per heavy atom. The Labute approximate surface area is 138 Å². The molecule has 0 heterocycles. The monoisotopic (exact) mass is 332 g/mol. The number of nitrogens with two attached hydrogens (primary N) is 4. The van der Waals surface area contributed by atoms with Crippen molar-refractivity contribution in [2.45, 2.75) is 32.7 Å². The first kappa shape index (κ1) is 21.5. The number of carbonyl (C=O) groups is 2. The molecule has 0 bridgehead atoms. The lowest BCUT2D eigenvalue weighted by Gasteiger charge is -2.36. The molecule has 0 atom stereocenters. The predicted octanol–water partition coefficient (Wildman–Crippen LogP) is -2.06. The molecule has 0 aliphatic rings. The number of nitrogens with zero attached hydrogens (tertiary/aromatic N) is 3. The van der Waals surface area contributed by atoms with Crippen LogP contribution in [0.3, 0.4) is 0 Å². The van der Waals surface area contributed by atoms with Crippen LogP contribution in [-0.2, 0) is 4.79 Å². The van der Waals surface area contributed by atoms with Crippen molar-refractivity contribution < 1.29 is 9.59 Å². The van der Waals surface area contributed by atoms with Gasteiger partial charge in [0, 0.05) is 18.5 Å². The Morgan fingerprint density at radius 1 is 0.913 bits per heavy atom. The van der Waals surface area contributed by atoms with Crippen LogP contribution < -0.4 is 28.3 Å². The quantitative estimate of drug-likeness (QED) is 0.303. The topological polar surface area (TPSA) is 160 Å². The van der Waals surface area contributed by atoms with Crippen LogP contribution in [0.2, 0.25) is 0 Å². The maximum atomic E-state index is 12.0. The molecule has 0 aliphatic heterocycles. The molecule has 0 unspecified atom stereocenters. The van der Waals surface area contributed by atoms with Crippen molar-refractivity contribution in [3.05, 3.63) is 0 Å². The summed E-state index contributed by atoms with van der Waals surface area (Å²) >= 11 is 0. The van der Waals surface area contributed by atoms with Gasteiger partial charge < -0.3 is 33.2 Å². The highest BCUT2D eigenvalue weighted by Gasteiger charge is 2.23. The predicted molar refractivity (Wildman–Crippen MR) is 89.4 cm³/mol. The average molecular weight is 332 g/mol. The Kier molecular flexibility index (Phi) is 9.68. The van der Waals surface area contributed by atoms with Crippen LogP contribution in [0.1, 0.15) is 27.2 Å². The minimum Gasteiger partial charge on any atom is -0.325 e. The van der Waals surface area contributed by atoms with Crippen molar-refractivity contribution in [2.75, 3.05) is 39.9 Å². The second-order valence-electron chi connectivity index (χ2n) is 6.03. The highest BCUT2D eigenvalue weighted by Crippen LogP contribution is 2.13. The van der Waals surface area contributed by atoms with Gasteiger partial charge in [0.2, 0.25) is 5.91 Å². The second kappa shape index (κ2) is 10.3. The van der Waals surface area contributed by atoms with Crippen LogP contribution in [0.15, 0.2) is 0 Å². The molecule has 9 N–H and O–H groups in total. The fraction of sp³-hybridized carbons (Fsp3) is 0.846. The Morgan fingerprint density at radius 2 is 1.39 bits per heavy atom. The van der Waals surface area contributed by atoms with E-state index in [0.29, 0.717) is 6.54 Å². The van der Waals surface area contributed by atoms with E-state index in [2.05, 4.69) is 5.32 Å². The third-order valence-electron chi connectivity index (χ3n) is 3.49. The van der Waals surface area contributed by atoms with Crippen molar-refractivity contribution in [2.24, 2.45) is 22.9 Å². The normalized spacial score (nSPS) is 11.5. The molecule has 0 saturated heterocycles. The summed E-state index contributed by atoms with van der Waals surface area (Å²) in [5, 5.41) is 2.75. The fourth-order valence-electron chi connectivity index (χ4n) is 1.83. The fourth-order valence-corrected chi connectivity index (χ4v) is 1.83. The number of carbonyl (C=O) groups excluding carboxylic acids is 2. The first-order valence-corrected chi connectivity index (χ1v) is 7.57. The second-order valence-corrected chi connectivity index (χ2v) is 6.03. The molecule has 0 spiro atoms. The minimum absolute atomic E-state index is 0.0400. The molecule has 0 fully saturated rings. The van der Waals surface area contributed by atoms with Gasteiger partial charge in [0.1, 0.15) is 0 Å². The van der Waals surface area contributed by atoms with E-state index in [0.717, 1.165) is 0 Å². The van der Waals surface area contributed by atoms with E-state index in [1.54, 1.807) is 0 Å². The number of hydrogen-bond acceptors (Lipinski definition) is 7. The van der Waals surface area contributed by atoms with Gasteiger partial charge in [0.25, 0.3) is 0 Å². The summed E-state index contributed by atoms with van der Waals surface area (Å²) in [6, 6.07) is -0.346. The van der Waals surface area contributed by atoms with E-state index in [1.807, 2.05) is 25.7 Å². The molecule has 0 aromatic carbocycles. The summed E-state index contributed by atoms with van der Waals surface area (Å²) < 4.78 is 0. The summed E-state index contributed by atoms with van der Waals surface area (Å²) in [5.74, 6) is -0.124. The van der Waals surface area contributed by atoms with Crippen LogP contribution in [-0.4, -0.2) is 72.1 Å². The summed E-state index contributed by atoms with van der Waals surface area (Å²) in [5.41, 5.74) is 21.6. The zero-order chi connectivity index (χ0) is 18.0. The molecule has 0 radical (unpaired) electrons. The van der Waals surface area contributed by atoms with E-state index in [4.69, 9.17) is 22.9 Å². The number of nitrogens with one attached hydrogen (secondary N) is 1. The summed E-state index contributed by atoms with van der Waals surface area (Å²) in [6.07, 6.45) is 0.263. The zero-order valence-electron chi connectivity index (χ0n) is 14.4. The third-order valence-corrected chi connectivity index (χ3v) is 3.49. The lowest BCUT2D eigenvalue weighted by atomic mass is 10.1. The Bertz CT molecular complexity index is 335. The average Bonchev–Trinajstić information content (AvgIpc) is 2.48. The highest BCUT2D eigenvalue weighted by atomic mass is 16.2. The Hall–Kier alpha value is -1.46. The molecule has 136 valence electrons. The highest BCUT2D eigenvalue weighted by molar-refractivity contribution is 5.76. The van der Waals surface area contributed by atoms with Crippen molar-refractivity contribution >= 4 is 11.9 Å². The maximum absolute atomic E-state index is 12.0. The number of hydrogen-bond donors (Lipinski definition) is 5. The van der Waals surface area contributed by atoms with Gasteiger partial charge in [-0.15, -0.1) is 0 Å². The number of urea groups is 1. The van der Waals surface area contributed by atoms with Gasteiger partial charge in [-0.3, -0.25) is 14.6 Å². The summed E-state index contributed by atoms with van der Waals surface area (Å²) in [6.45, 7) is 6.98. The van der Waals surface area contributed by atoms with Gasteiger partial charge in [-0.05, 0) is 20.8 Å². The van der Waals surface area contributed by atoms with Gasteiger partial charge in [-0.1, -0.05) is 0 Å². The minimum atomic E-state index is -0.346. The van der Waals surface area contributed by atoms with Crippen molar-refractivity contribution in [1.82, 2.24) is 20.0 Å². The van der Waals surface area contributed by atoms with Gasteiger partial charge in [0.15, 0.2) is 0 Å². The zero-order valence-corrected chi connectivity index (χ0v) is 14.4. The number of amides is 3. The van der Waals surface area contributed by atoms with E-state index in [1.165, 1.54) is 9.80 Å². The lowest BCUT2D eigenvalue weighted by molar-refractivity contribution is -0.131. The van der Waals surface area contributed by atoms with Gasteiger partial charge in [-0.25, -0.2) is 4.79 Å². The van der Waals surface area contributed by atoms with E-state index >= 15 is 0 Å². The molecular weight excluding hydrogens is 300 g/mol. The summed E-state index contributed by atoms with van der Waals surface area (Å²) in [4.78, 5) is 28.5. The molecule has 23 heavy (non-hydrogen) atoms. The SMILES string of the molecule is CC(C)(C)N(CCC(=O)N(CN)CN)CNC(=O)N(CN)CN. The molecular formula is C13H32N8O2. The van der Waals surface area contributed by atoms with E-state index in [9.17, 15) is 9.59 Å². The largest absolute Gasteiger partial charge is 0.325 e. The lowest BCUT2D eigenvalue weighted by Crippen LogP contribution is -2.53. The molecule has 10 heteroatoms. The molecule has 0 aromatic rings. The molecule has 0 saturated carbocycles. The maximum Gasteiger partial charge on any atom is 0.320 e.